The molecule has 0 aliphatic heterocycles. The minimum Gasteiger partial charge on any atom is -0.748 e. The van der Waals surface area contributed by atoms with Crippen LogP contribution in [0.25, 0.3) is 0 Å². The van der Waals surface area contributed by atoms with Gasteiger partial charge in [0.25, 0.3) is 0 Å². The molecule has 0 aromatic heterocycles. The summed E-state index contributed by atoms with van der Waals surface area (Å²) < 4.78 is 31.2. The molecular weight excluding hydrogens is 305 g/mol. The Kier molecular flexibility index (Phi) is 15.9. The van der Waals surface area contributed by atoms with Crippen molar-refractivity contribution < 1.29 is 69.1 Å². The maximum Gasteiger partial charge on any atom is 1.00 e. The molecule has 0 spiro atoms. The van der Waals surface area contributed by atoms with Crippen molar-refractivity contribution in [1.29, 1.82) is 0 Å². The molecule has 114 valence electrons. The Hall–Kier alpha value is 1.02. The van der Waals surface area contributed by atoms with E-state index < -0.39 is 10.1 Å². The van der Waals surface area contributed by atoms with Gasteiger partial charge in [0.2, 0.25) is 5.91 Å². The topological polar surface area (TPSA) is 77.5 Å². The molecule has 1 amide bonds. The molecule has 5 nitrogen and oxygen atoms in total. The van der Waals surface area contributed by atoms with Gasteiger partial charge < -0.3 is 9.45 Å². The van der Waals surface area contributed by atoms with Gasteiger partial charge in [-0.1, -0.05) is 32.6 Å². The second kappa shape index (κ2) is 13.7. The molecule has 0 radical (unpaired) electrons. The molecular formula is C13H26KNO4S. The van der Waals surface area contributed by atoms with Gasteiger partial charge in [-0.25, -0.2) is 8.42 Å². The van der Waals surface area contributed by atoms with Crippen LogP contribution in [0.3, 0.4) is 0 Å². The van der Waals surface area contributed by atoms with Crippen molar-refractivity contribution in [3.8, 4) is 0 Å². The van der Waals surface area contributed by atoms with Gasteiger partial charge in [-0.15, -0.1) is 0 Å². The van der Waals surface area contributed by atoms with Crippen LogP contribution >= 0.6 is 0 Å². The van der Waals surface area contributed by atoms with E-state index >= 15 is 0 Å². The van der Waals surface area contributed by atoms with Gasteiger partial charge in [-0.3, -0.25) is 4.79 Å². The van der Waals surface area contributed by atoms with E-state index in [0.717, 1.165) is 12.8 Å². The first kappa shape index (κ1) is 23.3. The Balaban J connectivity index is 0. The van der Waals surface area contributed by atoms with E-state index in [-0.39, 0.29) is 63.0 Å². The summed E-state index contributed by atoms with van der Waals surface area (Å²) in [4.78, 5) is 13.3. The van der Waals surface area contributed by atoms with Crippen molar-refractivity contribution in [2.45, 2.75) is 58.3 Å². The summed E-state index contributed by atoms with van der Waals surface area (Å²) in [7, 11) is -2.40. The van der Waals surface area contributed by atoms with Crippen LogP contribution in [-0.4, -0.2) is 43.1 Å². The van der Waals surface area contributed by atoms with Crippen molar-refractivity contribution in [2.24, 2.45) is 0 Å². The summed E-state index contributed by atoms with van der Waals surface area (Å²) in [5, 5.41) is 0. The summed E-state index contributed by atoms with van der Waals surface area (Å²) in [6.07, 6.45) is 7.01. The zero-order valence-electron chi connectivity index (χ0n) is 13.1. The van der Waals surface area contributed by atoms with Gasteiger partial charge in [0.1, 0.15) is 0 Å². The largest absolute Gasteiger partial charge is 1.00 e. The second-order valence-electron chi connectivity index (χ2n) is 4.95. The first-order chi connectivity index (χ1) is 8.87. The van der Waals surface area contributed by atoms with E-state index in [2.05, 4.69) is 6.92 Å². The zero-order chi connectivity index (χ0) is 14.7. The summed E-state index contributed by atoms with van der Waals surface area (Å²) in [6.45, 7) is 2.67. The summed E-state index contributed by atoms with van der Waals surface area (Å²) >= 11 is 0. The number of hydrogen-bond acceptors (Lipinski definition) is 4. The van der Waals surface area contributed by atoms with E-state index in [1.807, 2.05) is 0 Å². The molecule has 0 saturated heterocycles. The average molecular weight is 332 g/mol. The maximum atomic E-state index is 11.7. The predicted molar refractivity (Wildman–Crippen MR) is 74.8 cm³/mol. The molecule has 0 heterocycles. The number of unbranched alkanes of at least 4 members (excludes halogenated alkanes) is 5. The summed E-state index contributed by atoms with van der Waals surface area (Å²) in [5.41, 5.74) is 0. The van der Waals surface area contributed by atoms with Gasteiger partial charge in [0.05, 0.1) is 10.1 Å². The molecule has 0 aliphatic carbocycles. The van der Waals surface area contributed by atoms with Gasteiger partial charge in [-0.05, 0) is 19.3 Å². The fourth-order valence-corrected chi connectivity index (χ4v) is 2.38. The van der Waals surface area contributed by atoms with E-state index in [1.165, 1.54) is 19.3 Å². The molecule has 7 heteroatoms. The minimum atomic E-state index is -4.12. The number of carbonyl (C=O) groups is 1. The van der Waals surface area contributed by atoms with Crippen LogP contribution in [0.5, 0.6) is 0 Å². The third-order valence-corrected chi connectivity index (χ3v) is 3.85. The molecule has 0 bridgehead atoms. The number of rotatable bonds is 11. The Morgan fingerprint density at radius 1 is 1.05 bits per heavy atom. The second-order valence-corrected chi connectivity index (χ2v) is 6.47. The molecule has 0 fully saturated rings. The number of hydrogen-bond donors (Lipinski definition) is 0. The van der Waals surface area contributed by atoms with Gasteiger partial charge >= 0.3 is 51.4 Å². The van der Waals surface area contributed by atoms with Crippen LogP contribution < -0.4 is 51.4 Å². The number of carbonyl (C=O) groups excluding carboxylic acids is 1. The van der Waals surface area contributed by atoms with Crippen molar-refractivity contribution in [1.82, 2.24) is 4.90 Å². The average Bonchev–Trinajstić information content (AvgIpc) is 2.32. The van der Waals surface area contributed by atoms with Gasteiger partial charge in [0.15, 0.2) is 0 Å². The fraction of sp³-hybridized carbons (Fsp3) is 0.923. The zero-order valence-corrected chi connectivity index (χ0v) is 17.0. The Morgan fingerprint density at radius 2 is 1.65 bits per heavy atom. The smallest absolute Gasteiger partial charge is 0.748 e. The van der Waals surface area contributed by atoms with Gasteiger partial charge in [-0.2, -0.15) is 0 Å². The Bertz CT molecular complexity index is 346. The molecule has 20 heavy (non-hydrogen) atoms. The van der Waals surface area contributed by atoms with Crippen LogP contribution in [0.2, 0.25) is 0 Å². The molecule has 0 rings (SSSR count). The van der Waals surface area contributed by atoms with Crippen LogP contribution in [0, 0.1) is 0 Å². The summed E-state index contributed by atoms with van der Waals surface area (Å²) in [5.74, 6) is -0.243. The quantitative estimate of drug-likeness (QED) is 0.280. The number of amides is 1. The van der Waals surface area contributed by atoms with E-state index in [1.54, 1.807) is 11.9 Å². The van der Waals surface area contributed by atoms with E-state index in [9.17, 15) is 17.8 Å². The molecule has 0 N–H and O–H groups in total. The molecule has 0 saturated carbocycles. The third kappa shape index (κ3) is 15.4. The number of nitrogens with zero attached hydrogens (tertiary/aromatic N) is 1. The fourth-order valence-electron chi connectivity index (χ4n) is 1.82. The third-order valence-electron chi connectivity index (χ3n) is 3.06. The normalized spacial score (nSPS) is 10.9. The van der Waals surface area contributed by atoms with E-state index in [4.69, 9.17) is 0 Å². The standard InChI is InChI=1S/C13H27NO4S.K/c1-3-4-5-6-7-10-13(15)14(2)11-8-9-12-19(16,17)18;/h3-12H2,1-2H3,(H,16,17,18);/q;+1/p-1. The predicted octanol–water partition coefficient (Wildman–Crippen LogP) is -0.865. The Morgan fingerprint density at radius 3 is 2.20 bits per heavy atom. The molecule has 0 aromatic rings. The molecule has 0 atom stereocenters. The van der Waals surface area contributed by atoms with Crippen molar-refractivity contribution in [2.75, 3.05) is 19.3 Å². The van der Waals surface area contributed by atoms with Crippen LogP contribution in [-0.2, 0) is 14.9 Å². The first-order valence-electron chi connectivity index (χ1n) is 7.04. The monoisotopic (exact) mass is 331 g/mol. The van der Waals surface area contributed by atoms with Crippen LogP contribution in [0.1, 0.15) is 58.3 Å². The molecule has 0 aliphatic rings. The van der Waals surface area contributed by atoms with Crippen LogP contribution in [0.15, 0.2) is 0 Å². The minimum absolute atomic E-state index is 0. The SMILES string of the molecule is CCCCCCCC(=O)N(C)CCCCS(=O)(=O)[O-].[K+]. The van der Waals surface area contributed by atoms with E-state index in [0.29, 0.717) is 25.8 Å². The van der Waals surface area contributed by atoms with Gasteiger partial charge in [0, 0.05) is 25.8 Å². The maximum absolute atomic E-state index is 11.7. The molecule has 0 aromatic carbocycles. The van der Waals surface area contributed by atoms with Crippen molar-refractivity contribution in [3.63, 3.8) is 0 Å². The Labute approximate surface area is 166 Å². The summed E-state index contributed by atoms with van der Waals surface area (Å²) in [6, 6.07) is 0. The first-order valence-corrected chi connectivity index (χ1v) is 8.62. The van der Waals surface area contributed by atoms with Crippen molar-refractivity contribution >= 4 is 16.0 Å². The van der Waals surface area contributed by atoms with Crippen LogP contribution in [0.4, 0.5) is 0 Å². The van der Waals surface area contributed by atoms with Crippen molar-refractivity contribution in [3.05, 3.63) is 0 Å². The molecule has 0 unspecified atom stereocenters.